The Balaban J connectivity index is 2.41. The molecule has 20 heavy (non-hydrogen) atoms. The van der Waals surface area contributed by atoms with Crippen molar-refractivity contribution in [2.45, 2.75) is 84.4 Å². The van der Waals surface area contributed by atoms with Gasteiger partial charge in [0.05, 0.1) is 6.10 Å². The fourth-order valence-corrected chi connectivity index (χ4v) is 2.88. The van der Waals surface area contributed by atoms with E-state index >= 15 is 0 Å². The molecular weight excluding hydrogens is 248 g/mol. The van der Waals surface area contributed by atoms with Crippen molar-refractivity contribution >= 4 is 0 Å². The molecule has 1 aliphatic rings. The summed E-state index contributed by atoms with van der Waals surface area (Å²) in [4.78, 5) is 2.54. The lowest BCUT2D eigenvalue weighted by Gasteiger charge is -2.32. The highest BCUT2D eigenvalue weighted by Gasteiger charge is 2.24. The van der Waals surface area contributed by atoms with Gasteiger partial charge in [-0.15, -0.1) is 0 Å². The molecule has 0 bridgehead atoms. The Morgan fingerprint density at radius 1 is 1.20 bits per heavy atom. The molecule has 1 atom stereocenters. The summed E-state index contributed by atoms with van der Waals surface area (Å²) >= 11 is 0. The highest BCUT2D eigenvalue weighted by atomic mass is 16.3. The van der Waals surface area contributed by atoms with Crippen LogP contribution >= 0.6 is 0 Å². The summed E-state index contributed by atoms with van der Waals surface area (Å²) in [6.07, 6.45) is 6.32. The standard InChI is InChI=1S/C17H36N2O/c1-14(2)10-11-19(15-8-6-7-9-15)13-16(20)12-18-17(3,4)5/h14-16,18,20H,6-13H2,1-5H3. The van der Waals surface area contributed by atoms with Gasteiger partial charge in [0.15, 0.2) is 0 Å². The number of β-amino-alcohol motifs (C(OH)–C–C–N with tert-alkyl or cyclic N) is 1. The molecule has 0 aliphatic heterocycles. The predicted octanol–water partition coefficient (Wildman–Crippen LogP) is 3.03. The number of aliphatic hydroxyl groups is 1. The van der Waals surface area contributed by atoms with Crippen molar-refractivity contribution in [2.75, 3.05) is 19.6 Å². The van der Waals surface area contributed by atoms with Crippen LogP contribution in [0.1, 0.15) is 66.7 Å². The van der Waals surface area contributed by atoms with Gasteiger partial charge in [-0.1, -0.05) is 26.7 Å². The average Bonchev–Trinajstić information content (AvgIpc) is 2.84. The Hall–Kier alpha value is -0.120. The molecular formula is C17H36N2O. The number of hydrogen-bond donors (Lipinski definition) is 2. The highest BCUT2D eigenvalue weighted by Crippen LogP contribution is 2.24. The minimum absolute atomic E-state index is 0.0805. The molecule has 1 fully saturated rings. The fourth-order valence-electron chi connectivity index (χ4n) is 2.88. The summed E-state index contributed by atoms with van der Waals surface area (Å²) in [6.45, 7) is 13.6. The van der Waals surface area contributed by atoms with Gasteiger partial charge < -0.3 is 10.4 Å². The van der Waals surface area contributed by atoms with Crippen molar-refractivity contribution in [3.05, 3.63) is 0 Å². The van der Waals surface area contributed by atoms with Crippen molar-refractivity contribution in [2.24, 2.45) is 5.92 Å². The quantitative estimate of drug-likeness (QED) is 0.719. The second kappa shape index (κ2) is 8.35. The topological polar surface area (TPSA) is 35.5 Å². The summed E-state index contributed by atoms with van der Waals surface area (Å²) in [5, 5.41) is 13.7. The summed E-state index contributed by atoms with van der Waals surface area (Å²) in [5.74, 6) is 0.740. The largest absolute Gasteiger partial charge is 0.390 e. The van der Waals surface area contributed by atoms with Gasteiger partial charge in [-0.05, 0) is 52.5 Å². The normalized spacial score (nSPS) is 19.2. The molecule has 1 aliphatic carbocycles. The summed E-state index contributed by atoms with van der Waals surface area (Å²) in [7, 11) is 0. The molecule has 1 saturated carbocycles. The van der Waals surface area contributed by atoms with Gasteiger partial charge in [-0.3, -0.25) is 4.90 Å². The Morgan fingerprint density at radius 2 is 1.80 bits per heavy atom. The van der Waals surface area contributed by atoms with E-state index in [1.807, 2.05) is 0 Å². The van der Waals surface area contributed by atoms with E-state index in [0.717, 1.165) is 19.0 Å². The molecule has 2 N–H and O–H groups in total. The van der Waals surface area contributed by atoms with Crippen molar-refractivity contribution in [3.63, 3.8) is 0 Å². The van der Waals surface area contributed by atoms with Crippen LogP contribution in [0.15, 0.2) is 0 Å². The van der Waals surface area contributed by atoms with Crippen molar-refractivity contribution < 1.29 is 5.11 Å². The van der Waals surface area contributed by atoms with E-state index in [-0.39, 0.29) is 11.6 Å². The molecule has 0 spiro atoms. The van der Waals surface area contributed by atoms with Crippen LogP contribution in [0.2, 0.25) is 0 Å². The molecule has 0 aromatic rings. The smallest absolute Gasteiger partial charge is 0.0791 e. The predicted molar refractivity (Wildman–Crippen MR) is 87.0 cm³/mol. The summed E-state index contributed by atoms with van der Waals surface area (Å²) < 4.78 is 0. The van der Waals surface area contributed by atoms with E-state index < -0.39 is 0 Å². The first-order valence-corrected chi connectivity index (χ1v) is 8.45. The lowest BCUT2D eigenvalue weighted by Crippen LogP contribution is -2.47. The van der Waals surface area contributed by atoms with E-state index in [9.17, 15) is 5.11 Å². The molecule has 0 radical (unpaired) electrons. The Bertz CT molecular complexity index is 254. The third-order valence-electron chi connectivity index (χ3n) is 4.15. The van der Waals surface area contributed by atoms with Gasteiger partial charge in [0.25, 0.3) is 0 Å². The zero-order valence-electron chi connectivity index (χ0n) is 14.3. The van der Waals surface area contributed by atoms with E-state index in [2.05, 4.69) is 44.8 Å². The Labute approximate surface area is 126 Å². The molecule has 0 saturated heterocycles. The minimum Gasteiger partial charge on any atom is -0.390 e. The first-order valence-electron chi connectivity index (χ1n) is 8.45. The summed E-state index contributed by atoms with van der Waals surface area (Å²) in [5.41, 5.74) is 0.0805. The van der Waals surface area contributed by atoms with Crippen molar-refractivity contribution in [3.8, 4) is 0 Å². The minimum atomic E-state index is -0.262. The van der Waals surface area contributed by atoms with E-state index in [4.69, 9.17) is 0 Å². The maximum absolute atomic E-state index is 10.3. The first kappa shape index (κ1) is 17.9. The van der Waals surface area contributed by atoms with Crippen LogP contribution < -0.4 is 5.32 Å². The molecule has 120 valence electrons. The molecule has 0 heterocycles. The van der Waals surface area contributed by atoms with Crippen LogP contribution in [-0.4, -0.2) is 47.3 Å². The zero-order chi connectivity index (χ0) is 15.2. The summed E-state index contributed by atoms with van der Waals surface area (Å²) in [6, 6.07) is 0.707. The maximum atomic E-state index is 10.3. The van der Waals surface area contributed by atoms with E-state index in [1.54, 1.807) is 0 Å². The second-order valence-corrected chi connectivity index (χ2v) is 7.90. The maximum Gasteiger partial charge on any atom is 0.0791 e. The van der Waals surface area contributed by atoms with Gasteiger partial charge in [-0.25, -0.2) is 0 Å². The zero-order valence-corrected chi connectivity index (χ0v) is 14.3. The molecule has 0 aromatic heterocycles. The SMILES string of the molecule is CC(C)CCN(CC(O)CNC(C)(C)C)C1CCCC1. The van der Waals surface area contributed by atoms with Gasteiger partial charge >= 0.3 is 0 Å². The Morgan fingerprint density at radius 3 is 2.30 bits per heavy atom. The molecule has 3 heteroatoms. The van der Waals surface area contributed by atoms with Crippen LogP contribution in [0, 0.1) is 5.92 Å². The monoisotopic (exact) mass is 284 g/mol. The highest BCUT2D eigenvalue weighted by molar-refractivity contribution is 4.81. The van der Waals surface area contributed by atoms with Crippen LogP contribution in [0.5, 0.6) is 0 Å². The first-order chi connectivity index (χ1) is 9.28. The Kier molecular flexibility index (Phi) is 7.49. The van der Waals surface area contributed by atoms with Crippen LogP contribution in [0.4, 0.5) is 0 Å². The van der Waals surface area contributed by atoms with Crippen molar-refractivity contribution in [1.29, 1.82) is 0 Å². The molecule has 3 nitrogen and oxygen atoms in total. The lowest BCUT2D eigenvalue weighted by molar-refractivity contribution is 0.0796. The number of nitrogens with zero attached hydrogens (tertiary/aromatic N) is 1. The number of hydrogen-bond acceptors (Lipinski definition) is 3. The van der Waals surface area contributed by atoms with Gasteiger partial charge in [0.2, 0.25) is 0 Å². The second-order valence-electron chi connectivity index (χ2n) is 7.90. The number of nitrogens with one attached hydrogen (secondary N) is 1. The van der Waals surface area contributed by atoms with Gasteiger partial charge in [-0.2, -0.15) is 0 Å². The van der Waals surface area contributed by atoms with Crippen LogP contribution in [0.25, 0.3) is 0 Å². The van der Waals surface area contributed by atoms with E-state index in [0.29, 0.717) is 12.6 Å². The van der Waals surface area contributed by atoms with Crippen LogP contribution in [-0.2, 0) is 0 Å². The molecule has 0 aromatic carbocycles. The number of rotatable bonds is 8. The number of aliphatic hydroxyl groups excluding tert-OH is 1. The fraction of sp³-hybridized carbons (Fsp3) is 1.00. The van der Waals surface area contributed by atoms with Crippen LogP contribution in [0.3, 0.4) is 0 Å². The molecule has 1 rings (SSSR count). The molecule has 1 unspecified atom stereocenters. The van der Waals surface area contributed by atoms with Gasteiger partial charge in [0, 0.05) is 24.7 Å². The molecule has 0 amide bonds. The third-order valence-corrected chi connectivity index (χ3v) is 4.15. The average molecular weight is 284 g/mol. The van der Waals surface area contributed by atoms with E-state index in [1.165, 1.54) is 32.1 Å². The van der Waals surface area contributed by atoms with Crippen molar-refractivity contribution in [1.82, 2.24) is 10.2 Å². The van der Waals surface area contributed by atoms with Gasteiger partial charge in [0.1, 0.15) is 0 Å². The third kappa shape index (κ3) is 7.61. The lowest BCUT2D eigenvalue weighted by atomic mass is 10.1.